The summed E-state index contributed by atoms with van der Waals surface area (Å²) in [5.41, 5.74) is 2.29. The van der Waals surface area contributed by atoms with Crippen LogP contribution < -0.4 is 10.2 Å². The van der Waals surface area contributed by atoms with E-state index in [-0.39, 0.29) is 18.1 Å². The molecule has 0 aliphatic carbocycles. The Morgan fingerprint density at radius 3 is 2.45 bits per heavy atom. The van der Waals surface area contributed by atoms with Gasteiger partial charge >= 0.3 is 0 Å². The molecule has 0 saturated heterocycles. The number of benzene rings is 2. The molecule has 0 aliphatic heterocycles. The van der Waals surface area contributed by atoms with Gasteiger partial charge in [-0.1, -0.05) is 18.2 Å². The zero-order chi connectivity index (χ0) is 20.7. The Hall–Kier alpha value is -3.12. The summed E-state index contributed by atoms with van der Waals surface area (Å²) in [7, 11) is 1.61. The first-order valence-electron chi connectivity index (χ1n) is 9.15. The molecule has 0 amide bonds. The van der Waals surface area contributed by atoms with E-state index in [9.17, 15) is 14.3 Å². The van der Waals surface area contributed by atoms with Crippen molar-refractivity contribution in [1.82, 2.24) is 4.57 Å². The standard InChI is InChI=1S/C23H20FNO3S/c1-13-19-21(27)20(26)14(2)25(12-16-6-4-5-7-18(16)24)23(19)29-22(13)15-8-10-17(28-3)11-9-15/h4-11,26H,12H2,1-3H3. The zero-order valence-corrected chi connectivity index (χ0v) is 17.1. The number of pyridine rings is 1. The van der Waals surface area contributed by atoms with Crippen LogP contribution in [0.5, 0.6) is 11.5 Å². The Kier molecular flexibility index (Phi) is 4.88. The Morgan fingerprint density at radius 2 is 1.79 bits per heavy atom. The number of halogens is 1. The Bertz CT molecular complexity index is 1270. The Morgan fingerprint density at radius 1 is 1.10 bits per heavy atom. The lowest BCUT2D eigenvalue weighted by molar-refractivity contribution is 0.415. The maximum absolute atomic E-state index is 14.3. The highest BCUT2D eigenvalue weighted by Crippen LogP contribution is 2.39. The lowest BCUT2D eigenvalue weighted by atomic mass is 10.1. The molecule has 148 valence electrons. The molecule has 1 N–H and O–H groups in total. The fourth-order valence-corrected chi connectivity index (χ4v) is 4.89. The summed E-state index contributed by atoms with van der Waals surface area (Å²) in [5.74, 6) is 0.137. The quantitative estimate of drug-likeness (QED) is 0.501. The molecular weight excluding hydrogens is 389 g/mol. The molecule has 0 spiro atoms. The molecule has 0 radical (unpaired) electrons. The van der Waals surface area contributed by atoms with Gasteiger partial charge in [-0.25, -0.2) is 4.39 Å². The second-order valence-electron chi connectivity index (χ2n) is 6.91. The van der Waals surface area contributed by atoms with E-state index in [0.717, 1.165) is 26.6 Å². The number of aryl methyl sites for hydroxylation is 1. The molecule has 0 atom stereocenters. The number of thiophene rings is 1. The molecule has 6 heteroatoms. The van der Waals surface area contributed by atoms with Gasteiger partial charge in [-0.2, -0.15) is 0 Å². The van der Waals surface area contributed by atoms with Gasteiger partial charge in [0, 0.05) is 10.4 Å². The van der Waals surface area contributed by atoms with Crippen molar-refractivity contribution < 1.29 is 14.2 Å². The number of nitrogens with zero attached hydrogens (tertiary/aromatic N) is 1. The monoisotopic (exact) mass is 409 g/mol. The molecule has 4 aromatic rings. The predicted molar refractivity (Wildman–Crippen MR) is 115 cm³/mol. The Balaban J connectivity index is 1.96. The topological polar surface area (TPSA) is 51.5 Å². The van der Waals surface area contributed by atoms with E-state index < -0.39 is 5.43 Å². The highest BCUT2D eigenvalue weighted by Gasteiger charge is 2.21. The maximum atomic E-state index is 14.3. The highest BCUT2D eigenvalue weighted by atomic mass is 32.1. The van der Waals surface area contributed by atoms with Gasteiger partial charge in [0.1, 0.15) is 16.4 Å². The highest BCUT2D eigenvalue weighted by molar-refractivity contribution is 7.22. The minimum atomic E-state index is -0.393. The van der Waals surface area contributed by atoms with E-state index >= 15 is 0 Å². The summed E-state index contributed by atoms with van der Waals surface area (Å²) >= 11 is 1.47. The van der Waals surface area contributed by atoms with Crippen LogP contribution in [0.1, 0.15) is 16.8 Å². The summed E-state index contributed by atoms with van der Waals surface area (Å²) in [5, 5.41) is 10.9. The van der Waals surface area contributed by atoms with Crippen LogP contribution in [0, 0.1) is 19.7 Å². The van der Waals surface area contributed by atoms with Crippen LogP contribution in [0.3, 0.4) is 0 Å². The van der Waals surface area contributed by atoms with Crippen LogP contribution in [-0.4, -0.2) is 16.8 Å². The second kappa shape index (κ2) is 7.37. The molecule has 2 aromatic heterocycles. The van der Waals surface area contributed by atoms with Crippen molar-refractivity contribution in [3.05, 3.63) is 81.4 Å². The number of aromatic nitrogens is 1. The van der Waals surface area contributed by atoms with Gasteiger partial charge in [0.05, 0.1) is 24.7 Å². The van der Waals surface area contributed by atoms with E-state index in [1.807, 2.05) is 35.8 Å². The number of rotatable bonds is 4. The van der Waals surface area contributed by atoms with Crippen LogP contribution in [0.4, 0.5) is 4.39 Å². The van der Waals surface area contributed by atoms with Crippen LogP contribution in [0.2, 0.25) is 0 Å². The van der Waals surface area contributed by atoms with E-state index in [1.54, 1.807) is 32.2 Å². The second-order valence-corrected chi connectivity index (χ2v) is 7.90. The first kappa shape index (κ1) is 19.2. The molecule has 0 fully saturated rings. The fourth-order valence-electron chi connectivity index (χ4n) is 3.52. The normalized spacial score (nSPS) is 11.2. The average molecular weight is 409 g/mol. The molecule has 4 rings (SSSR count). The average Bonchev–Trinajstić information content (AvgIpc) is 3.08. The van der Waals surface area contributed by atoms with E-state index in [0.29, 0.717) is 16.6 Å². The van der Waals surface area contributed by atoms with Gasteiger partial charge in [0.2, 0.25) is 5.43 Å². The fraction of sp³-hybridized carbons (Fsp3) is 0.174. The van der Waals surface area contributed by atoms with Crippen LogP contribution in [-0.2, 0) is 6.54 Å². The van der Waals surface area contributed by atoms with Gasteiger partial charge < -0.3 is 14.4 Å². The zero-order valence-electron chi connectivity index (χ0n) is 16.3. The van der Waals surface area contributed by atoms with Gasteiger partial charge in [-0.05, 0) is 55.3 Å². The van der Waals surface area contributed by atoms with Crippen LogP contribution >= 0.6 is 11.3 Å². The van der Waals surface area contributed by atoms with Gasteiger partial charge in [-0.15, -0.1) is 11.3 Å². The summed E-state index contributed by atoms with van der Waals surface area (Å²) in [6.45, 7) is 3.78. The molecule has 0 aliphatic rings. The molecule has 29 heavy (non-hydrogen) atoms. The lowest BCUT2D eigenvalue weighted by Crippen LogP contribution is -2.13. The van der Waals surface area contributed by atoms with Crippen LogP contribution in [0.25, 0.3) is 20.7 Å². The van der Waals surface area contributed by atoms with Gasteiger partial charge in [0.25, 0.3) is 0 Å². The molecule has 4 nitrogen and oxygen atoms in total. The van der Waals surface area contributed by atoms with Crippen molar-refractivity contribution in [1.29, 1.82) is 0 Å². The number of hydrogen-bond donors (Lipinski definition) is 1. The lowest BCUT2D eigenvalue weighted by Gasteiger charge is -2.14. The van der Waals surface area contributed by atoms with Crippen molar-refractivity contribution in [3.63, 3.8) is 0 Å². The number of methoxy groups -OCH3 is 1. The van der Waals surface area contributed by atoms with E-state index in [4.69, 9.17) is 4.74 Å². The molecule has 0 bridgehead atoms. The summed E-state index contributed by atoms with van der Waals surface area (Å²) < 4.78 is 21.3. The molecule has 0 saturated carbocycles. The smallest absolute Gasteiger partial charge is 0.232 e. The third-order valence-corrected chi connectivity index (χ3v) is 6.57. The molecule has 2 aromatic carbocycles. The summed E-state index contributed by atoms with van der Waals surface area (Å²) in [4.78, 5) is 14.5. The maximum Gasteiger partial charge on any atom is 0.232 e. The molecular formula is C23H20FNO3S. The van der Waals surface area contributed by atoms with Crippen molar-refractivity contribution in [2.75, 3.05) is 7.11 Å². The third-order valence-electron chi connectivity index (χ3n) is 5.20. The van der Waals surface area contributed by atoms with E-state index in [2.05, 4.69) is 0 Å². The third kappa shape index (κ3) is 3.19. The van der Waals surface area contributed by atoms with Crippen molar-refractivity contribution >= 4 is 21.6 Å². The Labute approximate surface area is 171 Å². The summed E-state index contributed by atoms with van der Waals surface area (Å²) in [6, 6.07) is 14.1. The number of aromatic hydroxyl groups is 1. The van der Waals surface area contributed by atoms with Gasteiger partial charge in [0.15, 0.2) is 5.75 Å². The van der Waals surface area contributed by atoms with E-state index in [1.165, 1.54) is 17.4 Å². The largest absolute Gasteiger partial charge is 0.503 e. The number of ether oxygens (including phenoxy) is 1. The minimum absolute atomic E-state index is 0.227. The summed E-state index contributed by atoms with van der Waals surface area (Å²) in [6.07, 6.45) is 0. The first-order chi connectivity index (χ1) is 13.9. The van der Waals surface area contributed by atoms with Crippen LogP contribution in [0.15, 0.2) is 53.3 Å². The number of fused-ring (bicyclic) bond motifs is 1. The van der Waals surface area contributed by atoms with Gasteiger partial charge in [-0.3, -0.25) is 4.79 Å². The van der Waals surface area contributed by atoms with Crippen molar-refractivity contribution in [2.45, 2.75) is 20.4 Å². The first-order valence-corrected chi connectivity index (χ1v) is 9.97. The molecule has 2 heterocycles. The SMILES string of the molecule is COc1ccc(-c2sc3c(c2C)c(=O)c(O)c(C)n3Cc2ccccc2F)cc1. The number of hydrogen-bond acceptors (Lipinski definition) is 4. The minimum Gasteiger partial charge on any atom is -0.503 e. The predicted octanol–water partition coefficient (Wildman–Crippen LogP) is 5.25. The van der Waals surface area contributed by atoms with Crippen molar-refractivity contribution in [3.8, 4) is 21.9 Å². The van der Waals surface area contributed by atoms with Crippen molar-refractivity contribution in [2.24, 2.45) is 0 Å². The molecule has 0 unspecified atom stereocenters.